The van der Waals surface area contributed by atoms with Crippen molar-refractivity contribution in [2.75, 3.05) is 0 Å². The summed E-state index contributed by atoms with van der Waals surface area (Å²) >= 11 is 0. The molecule has 1 N–H and O–H groups in total. The number of hydrogen-bond donors (Lipinski definition) is 1. The Kier molecular flexibility index (Phi) is 2.62. The molecule has 2 atom stereocenters. The summed E-state index contributed by atoms with van der Waals surface area (Å²) in [6.07, 6.45) is 5.18. The highest BCUT2D eigenvalue weighted by atomic mass is 32.2. The van der Waals surface area contributed by atoms with E-state index in [1.807, 2.05) is 25.1 Å². The van der Waals surface area contributed by atoms with E-state index in [2.05, 4.69) is 5.32 Å². The van der Waals surface area contributed by atoms with Crippen molar-refractivity contribution in [3.8, 4) is 0 Å². The van der Waals surface area contributed by atoms with E-state index in [9.17, 15) is 8.42 Å². The predicted octanol–water partition coefficient (Wildman–Crippen LogP) is 2.65. The molecule has 108 valence electrons. The van der Waals surface area contributed by atoms with Gasteiger partial charge >= 0.3 is 0 Å². The second-order valence-corrected chi connectivity index (χ2v) is 9.18. The highest BCUT2D eigenvalue weighted by Gasteiger charge is 2.57. The summed E-state index contributed by atoms with van der Waals surface area (Å²) in [5.74, 6) is 1.21. The van der Waals surface area contributed by atoms with Crippen molar-refractivity contribution in [2.45, 2.75) is 54.8 Å². The third-order valence-electron chi connectivity index (χ3n) is 5.50. The van der Waals surface area contributed by atoms with Crippen LogP contribution in [0.1, 0.15) is 37.7 Å². The largest absolute Gasteiger partial charge is 0.295 e. The number of nitrogens with one attached hydrogen (secondary N) is 1. The van der Waals surface area contributed by atoms with E-state index in [1.165, 1.54) is 19.3 Å². The van der Waals surface area contributed by atoms with Crippen LogP contribution in [0, 0.1) is 18.8 Å². The lowest BCUT2D eigenvalue weighted by Gasteiger charge is -2.56. The lowest BCUT2D eigenvalue weighted by atomic mass is 9.64. The first-order valence-electron chi connectivity index (χ1n) is 7.58. The lowest BCUT2D eigenvalue weighted by Crippen LogP contribution is -2.67. The van der Waals surface area contributed by atoms with Crippen LogP contribution in [0.25, 0.3) is 0 Å². The molecule has 4 bridgehead atoms. The Morgan fingerprint density at radius 3 is 2.35 bits per heavy atom. The Bertz CT molecular complexity index is 615. The molecule has 2 saturated heterocycles. The summed E-state index contributed by atoms with van der Waals surface area (Å²) in [5.41, 5.74) is 0.866. The van der Waals surface area contributed by atoms with E-state index in [4.69, 9.17) is 0 Å². The average molecular weight is 291 g/mol. The van der Waals surface area contributed by atoms with Crippen molar-refractivity contribution in [2.24, 2.45) is 11.8 Å². The highest BCUT2D eigenvalue weighted by Crippen LogP contribution is 2.53. The van der Waals surface area contributed by atoms with Gasteiger partial charge in [-0.15, -0.1) is 0 Å². The molecule has 4 fully saturated rings. The Hall–Kier alpha value is -0.870. The second-order valence-electron chi connectivity index (χ2n) is 6.95. The number of aryl methyl sites for hydroxylation is 1. The van der Waals surface area contributed by atoms with Crippen LogP contribution in [0.5, 0.6) is 0 Å². The number of sulfone groups is 1. The Morgan fingerprint density at radius 1 is 1.10 bits per heavy atom. The van der Waals surface area contributed by atoms with Gasteiger partial charge in [-0.3, -0.25) is 5.32 Å². The van der Waals surface area contributed by atoms with Crippen molar-refractivity contribution in [3.63, 3.8) is 0 Å². The van der Waals surface area contributed by atoms with Crippen LogP contribution < -0.4 is 5.32 Å². The summed E-state index contributed by atoms with van der Waals surface area (Å²) in [6.45, 7) is 1.90. The van der Waals surface area contributed by atoms with Gasteiger partial charge in [0.15, 0.2) is 9.84 Å². The molecular weight excluding hydrogens is 270 g/mol. The fourth-order valence-corrected chi connectivity index (χ4v) is 7.29. The number of rotatable bonds is 2. The first-order chi connectivity index (χ1) is 9.50. The maximum Gasteiger partial charge on any atom is 0.197 e. The van der Waals surface area contributed by atoms with Crippen molar-refractivity contribution in [1.29, 1.82) is 0 Å². The van der Waals surface area contributed by atoms with Gasteiger partial charge in [0.25, 0.3) is 0 Å². The minimum Gasteiger partial charge on any atom is -0.295 e. The molecular formula is C16H21NO2S. The van der Waals surface area contributed by atoms with Gasteiger partial charge < -0.3 is 0 Å². The first kappa shape index (κ1) is 12.8. The molecule has 2 saturated carbocycles. The smallest absolute Gasteiger partial charge is 0.197 e. The summed E-state index contributed by atoms with van der Waals surface area (Å²) in [5, 5.41) is 3.51. The van der Waals surface area contributed by atoms with Gasteiger partial charge in [-0.05, 0) is 62.5 Å². The summed E-state index contributed by atoms with van der Waals surface area (Å²) in [4.78, 5) is -0.164. The van der Waals surface area contributed by atoms with Gasteiger partial charge in [0.2, 0.25) is 0 Å². The van der Waals surface area contributed by atoms with Crippen LogP contribution in [0.4, 0.5) is 0 Å². The molecule has 2 unspecified atom stereocenters. The summed E-state index contributed by atoms with van der Waals surface area (Å²) in [7, 11) is -3.30. The van der Waals surface area contributed by atoms with E-state index < -0.39 is 14.7 Å². The third-order valence-corrected chi connectivity index (χ3v) is 8.02. The van der Waals surface area contributed by atoms with E-state index in [0.29, 0.717) is 22.8 Å². The highest BCUT2D eigenvalue weighted by molar-refractivity contribution is 7.92. The number of benzene rings is 1. The zero-order valence-corrected chi connectivity index (χ0v) is 12.6. The monoisotopic (exact) mass is 291 g/mol. The van der Waals surface area contributed by atoms with Crippen molar-refractivity contribution < 1.29 is 8.42 Å². The molecule has 3 nitrogen and oxygen atoms in total. The van der Waals surface area contributed by atoms with Crippen molar-refractivity contribution >= 4 is 9.84 Å². The van der Waals surface area contributed by atoms with Crippen LogP contribution in [-0.4, -0.2) is 19.3 Å². The maximum atomic E-state index is 13.2. The van der Waals surface area contributed by atoms with E-state index in [-0.39, 0.29) is 0 Å². The Balaban J connectivity index is 1.82. The van der Waals surface area contributed by atoms with Crippen LogP contribution >= 0.6 is 0 Å². The fourth-order valence-electron chi connectivity index (χ4n) is 4.89. The maximum absolute atomic E-state index is 13.2. The molecule has 2 aliphatic carbocycles. The van der Waals surface area contributed by atoms with Crippen molar-refractivity contribution in [1.82, 2.24) is 5.32 Å². The molecule has 1 aromatic rings. The van der Waals surface area contributed by atoms with Crippen molar-refractivity contribution in [3.05, 3.63) is 29.8 Å². The molecule has 5 rings (SSSR count). The molecule has 2 aliphatic heterocycles. The van der Waals surface area contributed by atoms with Gasteiger partial charge in [-0.1, -0.05) is 18.2 Å². The average Bonchev–Trinajstić information content (AvgIpc) is 2.37. The molecule has 2 heterocycles. The van der Waals surface area contributed by atoms with Crippen LogP contribution in [0.3, 0.4) is 0 Å². The summed E-state index contributed by atoms with van der Waals surface area (Å²) in [6, 6.07) is 7.82. The molecule has 4 aliphatic rings. The van der Waals surface area contributed by atoms with Gasteiger partial charge in [-0.2, -0.15) is 0 Å². The van der Waals surface area contributed by atoms with Gasteiger partial charge in [0, 0.05) is 6.04 Å². The quantitative estimate of drug-likeness (QED) is 0.911. The lowest BCUT2D eigenvalue weighted by molar-refractivity contribution is 0.0389. The second kappa shape index (κ2) is 4.08. The molecule has 0 aromatic heterocycles. The third kappa shape index (κ3) is 1.64. The van der Waals surface area contributed by atoms with Crippen LogP contribution in [-0.2, 0) is 9.84 Å². The zero-order chi connectivity index (χ0) is 14.0. The fraction of sp³-hybridized carbons (Fsp3) is 0.625. The van der Waals surface area contributed by atoms with Crippen LogP contribution in [0.2, 0.25) is 0 Å². The van der Waals surface area contributed by atoms with Gasteiger partial charge in [0.05, 0.1) is 4.90 Å². The molecule has 0 amide bonds. The minimum atomic E-state index is -3.30. The number of piperidine rings is 2. The topological polar surface area (TPSA) is 46.2 Å². The molecule has 0 radical (unpaired) electrons. The van der Waals surface area contributed by atoms with E-state index >= 15 is 0 Å². The molecule has 1 aromatic carbocycles. The Morgan fingerprint density at radius 2 is 1.75 bits per heavy atom. The standard InChI is InChI=1S/C16H21NO2S/c1-11-4-2-3-5-15(11)20(18,19)16-9-12-6-13(10-16)8-14(7-12)17-16/h2-5,12-14,17H,6-10H2,1H3. The van der Waals surface area contributed by atoms with E-state index in [1.54, 1.807) is 6.07 Å². The summed E-state index contributed by atoms with van der Waals surface area (Å²) < 4.78 is 26.5. The Labute approximate surface area is 120 Å². The predicted molar refractivity (Wildman–Crippen MR) is 78.1 cm³/mol. The van der Waals surface area contributed by atoms with E-state index in [0.717, 1.165) is 18.4 Å². The first-order valence-corrected chi connectivity index (χ1v) is 9.06. The normalized spacial score (nSPS) is 39.1. The molecule has 20 heavy (non-hydrogen) atoms. The van der Waals surface area contributed by atoms with Gasteiger partial charge in [0.1, 0.15) is 4.87 Å². The molecule has 4 heteroatoms. The molecule has 0 spiro atoms. The van der Waals surface area contributed by atoms with Gasteiger partial charge in [-0.25, -0.2) is 8.42 Å². The number of hydrogen-bond acceptors (Lipinski definition) is 3. The van der Waals surface area contributed by atoms with Crippen LogP contribution in [0.15, 0.2) is 29.2 Å². The minimum absolute atomic E-state index is 0.417. The SMILES string of the molecule is Cc1ccccc1S(=O)(=O)C12CC3CC(CC(C3)N1)C2. The zero-order valence-electron chi connectivity index (χ0n) is 11.8.